The molecule has 142 valence electrons. The molecule has 2 heterocycles. The molecular weight excluding hydrogens is 370 g/mol. The summed E-state index contributed by atoms with van der Waals surface area (Å²) in [7, 11) is 0. The number of benzene rings is 2. The second-order valence-corrected chi connectivity index (χ2v) is 8.28. The molecule has 2 aromatic carbocycles. The summed E-state index contributed by atoms with van der Waals surface area (Å²) < 4.78 is 5.96. The fourth-order valence-corrected chi connectivity index (χ4v) is 4.01. The van der Waals surface area contributed by atoms with Crippen molar-refractivity contribution in [3.8, 4) is 0 Å². The van der Waals surface area contributed by atoms with Crippen molar-refractivity contribution < 1.29 is 9.21 Å². The molecule has 6 heteroatoms. The molecule has 4 aromatic rings. The fraction of sp³-hybridized carbons (Fsp3) is 0.227. The SMILES string of the molecule is CC(C)c1ccccc1NC(=O)[C@H](C)Sc1ncnc2c1oc1ccccc12. The Balaban J connectivity index is 1.58. The van der Waals surface area contributed by atoms with Crippen LogP contribution in [0.5, 0.6) is 0 Å². The van der Waals surface area contributed by atoms with Crippen LogP contribution >= 0.6 is 11.8 Å². The maximum Gasteiger partial charge on any atom is 0.237 e. The van der Waals surface area contributed by atoms with Gasteiger partial charge in [0.1, 0.15) is 22.5 Å². The largest absolute Gasteiger partial charge is 0.451 e. The van der Waals surface area contributed by atoms with Crippen LogP contribution in [0.15, 0.2) is 64.3 Å². The number of anilines is 1. The van der Waals surface area contributed by atoms with E-state index in [0.717, 1.165) is 27.7 Å². The average molecular weight is 391 g/mol. The first-order chi connectivity index (χ1) is 13.5. The third-order valence-corrected chi connectivity index (χ3v) is 5.71. The normalized spacial score (nSPS) is 12.6. The lowest BCUT2D eigenvalue weighted by molar-refractivity contribution is -0.115. The lowest BCUT2D eigenvalue weighted by Gasteiger charge is -2.16. The molecule has 1 amide bonds. The van der Waals surface area contributed by atoms with Crippen molar-refractivity contribution in [2.24, 2.45) is 0 Å². The number of fused-ring (bicyclic) bond motifs is 3. The van der Waals surface area contributed by atoms with E-state index >= 15 is 0 Å². The van der Waals surface area contributed by atoms with Crippen molar-refractivity contribution in [3.63, 3.8) is 0 Å². The maximum atomic E-state index is 12.8. The Bertz CT molecular complexity index is 1150. The van der Waals surface area contributed by atoms with Gasteiger partial charge >= 0.3 is 0 Å². The molecule has 5 nitrogen and oxygen atoms in total. The number of furan rings is 1. The van der Waals surface area contributed by atoms with Crippen LogP contribution in [0.25, 0.3) is 22.1 Å². The van der Waals surface area contributed by atoms with Crippen molar-refractivity contribution in [2.75, 3.05) is 5.32 Å². The van der Waals surface area contributed by atoms with Gasteiger partial charge in [-0.1, -0.05) is 55.9 Å². The molecule has 0 aliphatic heterocycles. The van der Waals surface area contributed by atoms with E-state index in [2.05, 4.69) is 29.1 Å². The van der Waals surface area contributed by atoms with E-state index in [9.17, 15) is 4.79 Å². The van der Waals surface area contributed by atoms with Gasteiger partial charge in [-0.05, 0) is 36.6 Å². The van der Waals surface area contributed by atoms with Crippen molar-refractivity contribution in [1.29, 1.82) is 0 Å². The number of nitrogens with zero attached hydrogens (tertiary/aromatic N) is 2. The Hall–Kier alpha value is -2.86. The molecule has 0 unspecified atom stereocenters. The maximum absolute atomic E-state index is 12.8. The van der Waals surface area contributed by atoms with Crippen LogP contribution in [0.3, 0.4) is 0 Å². The van der Waals surface area contributed by atoms with Crippen LogP contribution in [-0.4, -0.2) is 21.1 Å². The van der Waals surface area contributed by atoms with Crippen molar-refractivity contribution in [2.45, 2.75) is 37.0 Å². The topological polar surface area (TPSA) is 68.0 Å². The molecule has 0 fully saturated rings. The predicted octanol–water partition coefficient (Wildman–Crippen LogP) is 5.62. The van der Waals surface area contributed by atoms with E-state index in [4.69, 9.17) is 4.42 Å². The van der Waals surface area contributed by atoms with Gasteiger partial charge in [-0.25, -0.2) is 9.97 Å². The molecule has 0 spiro atoms. The van der Waals surface area contributed by atoms with Crippen LogP contribution < -0.4 is 5.32 Å². The number of amides is 1. The van der Waals surface area contributed by atoms with E-state index < -0.39 is 0 Å². The van der Waals surface area contributed by atoms with Gasteiger partial charge in [0, 0.05) is 11.1 Å². The van der Waals surface area contributed by atoms with Crippen LogP contribution in [0.4, 0.5) is 5.69 Å². The first-order valence-electron chi connectivity index (χ1n) is 9.23. The molecule has 0 saturated carbocycles. The zero-order valence-electron chi connectivity index (χ0n) is 16.0. The molecule has 0 aliphatic rings. The van der Waals surface area contributed by atoms with Crippen LogP contribution in [0.1, 0.15) is 32.3 Å². The van der Waals surface area contributed by atoms with Gasteiger partial charge in [0.25, 0.3) is 0 Å². The van der Waals surface area contributed by atoms with Gasteiger partial charge in [-0.2, -0.15) is 0 Å². The minimum Gasteiger partial charge on any atom is -0.451 e. The minimum absolute atomic E-state index is 0.0685. The lowest BCUT2D eigenvalue weighted by Crippen LogP contribution is -2.23. The monoisotopic (exact) mass is 391 g/mol. The second-order valence-electron chi connectivity index (χ2n) is 6.95. The molecule has 1 N–H and O–H groups in total. The highest BCUT2D eigenvalue weighted by atomic mass is 32.2. The first kappa shape index (κ1) is 18.5. The van der Waals surface area contributed by atoms with Gasteiger partial charge < -0.3 is 9.73 Å². The molecule has 0 saturated heterocycles. The summed E-state index contributed by atoms with van der Waals surface area (Å²) in [6.45, 7) is 6.10. The second kappa shape index (κ2) is 7.64. The summed E-state index contributed by atoms with van der Waals surface area (Å²) in [6, 6.07) is 15.7. The number of rotatable bonds is 5. The molecule has 0 aliphatic carbocycles. The highest BCUT2D eigenvalue weighted by Gasteiger charge is 2.21. The number of aromatic nitrogens is 2. The van der Waals surface area contributed by atoms with Crippen molar-refractivity contribution in [1.82, 2.24) is 9.97 Å². The van der Waals surface area contributed by atoms with Gasteiger partial charge in [0.2, 0.25) is 5.91 Å². The van der Waals surface area contributed by atoms with E-state index in [-0.39, 0.29) is 11.2 Å². The van der Waals surface area contributed by atoms with Gasteiger partial charge in [0.15, 0.2) is 5.58 Å². The molecule has 1 atom stereocenters. The van der Waals surface area contributed by atoms with Gasteiger partial charge in [-0.3, -0.25) is 4.79 Å². The highest BCUT2D eigenvalue weighted by Crippen LogP contribution is 2.34. The number of hydrogen-bond acceptors (Lipinski definition) is 5. The van der Waals surface area contributed by atoms with E-state index in [1.54, 1.807) is 0 Å². The first-order valence-corrected chi connectivity index (χ1v) is 10.1. The minimum atomic E-state index is -0.341. The quantitative estimate of drug-likeness (QED) is 0.353. The molecule has 0 bridgehead atoms. The molecule has 2 aromatic heterocycles. The summed E-state index contributed by atoms with van der Waals surface area (Å²) >= 11 is 1.37. The number of nitrogens with one attached hydrogen (secondary N) is 1. The predicted molar refractivity (Wildman–Crippen MR) is 114 cm³/mol. The summed E-state index contributed by atoms with van der Waals surface area (Å²) in [5.41, 5.74) is 4.13. The lowest BCUT2D eigenvalue weighted by atomic mass is 10.0. The van der Waals surface area contributed by atoms with Crippen LogP contribution in [0.2, 0.25) is 0 Å². The average Bonchev–Trinajstić information content (AvgIpc) is 3.08. The number of carbonyl (C=O) groups is 1. The molecular formula is C22H21N3O2S. The fourth-order valence-electron chi connectivity index (χ4n) is 3.16. The van der Waals surface area contributed by atoms with Gasteiger partial charge in [0.05, 0.1) is 5.25 Å². The third-order valence-electron chi connectivity index (χ3n) is 4.62. The zero-order valence-corrected chi connectivity index (χ0v) is 16.8. The Labute approximate surface area is 167 Å². The van der Waals surface area contributed by atoms with E-state index in [1.807, 2.05) is 55.5 Å². The Morgan fingerprint density at radius 2 is 1.79 bits per heavy atom. The number of thioether (sulfide) groups is 1. The summed E-state index contributed by atoms with van der Waals surface area (Å²) in [4.78, 5) is 21.5. The molecule has 28 heavy (non-hydrogen) atoms. The highest BCUT2D eigenvalue weighted by molar-refractivity contribution is 8.00. The Morgan fingerprint density at radius 1 is 1.04 bits per heavy atom. The summed E-state index contributed by atoms with van der Waals surface area (Å²) in [5.74, 6) is 0.262. The van der Waals surface area contributed by atoms with E-state index in [1.165, 1.54) is 18.1 Å². The Kier molecular flexibility index (Phi) is 5.05. The zero-order chi connectivity index (χ0) is 19.7. The number of hydrogen-bond donors (Lipinski definition) is 1. The van der Waals surface area contributed by atoms with Crippen LogP contribution in [-0.2, 0) is 4.79 Å². The number of carbonyl (C=O) groups excluding carboxylic acids is 1. The summed E-state index contributed by atoms with van der Waals surface area (Å²) in [5, 5.41) is 4.33. The number of para-hydroxylation sites is 2. The van der Waals surface area contributed by atoms with Crippen LogP contribution in [0, 0.1) is 0 Å². The Morgan fingerprint density at radius 3 is 2.61 bits per heavy atom. The molecule has 4 rings (SSSR count). The van der Waals surface area contributed by atoms with Crippen molar-refractivity contribution >= 4 is 45.4 Å². The summed E-state index contributed by atoms with van der Waals surface area (Å²) in [6.07, 6.45) is 1.52. The standard InChI is InChI=1S/C22H21N3O2S/c1-13(2)15-8-4-6-10-17(15)25-21(26)14(3)28-22-20-19(23-12-24-22)16-9-5-7-11-18(16)27-20/h4-14H,1-3H3,(H,25,26)/t14-/m0/s1. The van der Waals surface area contributed by atoms with Gasteiger partial charge in [-0.15, -0.1) is 0 Å². The third kappa shape index (κ3) is 3.47. The smallest absolute Gasteiger partial charge is 0.237 e. The van der Waals surface area contributed by atoms with Crippen molar-refractivity contribution in [3.05, 3.63) is 60.4 Å². The van der Waals surface area contributed by atoms with E-state index in [0.29, 0.717) is 16.5 Å². The molecule has 0 radical (unpaired) electrons.